The summed E-state index contributed by atoms with van der Waals surface area (Å²) in [6, 6.07) is 5.22. The van der Waals surface area contributed by atoms with Crippen molar-refractivity contribution in [2.45, 2.75) is 6.54 Å². The number of nitrogens with zero attached hydrogens (tertiary/aromatic N) is 2. The normalized spacial score (nSPS) is 9.87. The lowest BCUT2D eigenvalue weighted by Gasteiger charge is -2.03. The van der Waals surface area contributed by atoms with Crippen LogP contribution in [0.15, 0.2) is 41.7 Å². The molecule has 0 saturated heterocycles. The number of pyridine rings is 1. The zero-order valence-corrected chi connectivity index (χ0v) is 7.97. The summed E-state index contributed by atoms with van der Waals surface area (Å²) in [6.07, 6.45) is 4.82. The van der Waals surface area contributed by atoms with Crippen molar-refractivity contribution in [2.75, 3.05) is 5.32 Å². The number of anilines is 1. The van der Waals surface area contributed by atoms with Crippen LogP contribution in [0, 0.1) is 0 Å². The first-order chi connectivity index (χ1) is 7.34. The van der Waals surface area contributed by atoms with Crippen LogP contribution in [0.5, 0.6) is 0 Å². The molecule has 2 aromatic rings. The van der Waals surface area contributed by atoms with Gasteiger partial charge in [0.1, 0.15) is 5.82 Å². The molecule has 0 aliphatic rings. The van der Waals surface area contributed by atoms with Crippen molar-refractivity contribution in [3.05, 3.63) is 52.8 Å². The number of rotatable bonds is 3. The molecule has 0 atom stereocenters. The van der Waals surface area contributed by atoms with Crippen LogP contribution in [0.4, 0.5) is 5.82 Å². The second-order valence-corrected chi connectivity index (χ2v) is 3.01. The first-order valence-corrected chi connectivity index (χ1v) is 4.52. The SMILES string of the molecule is O=c1cc(NCc2ccncc2)nc[nH]1. The van der Waals surface area contributed by atoms with Crippen molar-refractivity contribution >= 4 is 5.82 Å². The fraction of sp³-hybridized carbons (Fsp3) is 0.100. The lowest BCUT2D eigenvalue weighted by Crippen LogP contribution is -2.08. The zero-order valence-electron chi connectivity index (χ0n) is 7.97. The molecule has 0 spiro atoms. The van der Waals surface area contributed by atoms with Crippen LogP contribution in [0.3, 0.4) is 0 Å². The topological polar surface area (TPSA) is 70.7 Å². The molecule has 0 amide bonds. The average molecular weight is 202 g/mol. The summed E-state index contributed by atoms with van der Waals surface area (Å²) in [5.74, 6) is 0.565. The molecule has 0 aliphatic heterocycles. The average Bonchev–Trinajstić information content (AvgIpc) is 2.28. The molecule has 2 heterocycles. The Morgan fingerprint density at radius 1 is 1.33 bits per heavy atom. The van der Waals surface area contributed by atoms with Gasteiger partial charge in [-0.3, -0.25) is 9.78 Å². The van der Waals surface area contributed by atoms with Crippen molar-refractivity contribution in [1.29, 1.82) is 0 Å². The van der Waals surface area contributed by atoms with Crippen molar-refractivity contribution in [2.24, 2.45) is 0 Å². The van der Waals surface area contributed by atoms with Crippen LogP contribution in [-0.4, -0.2) is 15.0 Å². The molecular formula is C10H10N4O. The molecule has 0 aromatic carbocycles. The first-order valence-electron chi connectivity index (χ1n) is 4.52. The lowest BCUT2D eigenvalue weighted by atomic mass is 10.3. The molecule has 0 saturated carbocycles. The third kappa shape index (κ3) is 2.63. The summed E-state index contributed by atoms with van der Waals surface area (Å²) in [6.45, 7) is 0.624. The van der Waals surface area contributed by atoms with Crippen LogP contribution in [-0.2, 0) is 6.54 Å². The molecule has 5 nitrogen and oxygen atoms in total. The fourth-order valence-corrected chi connectivity index (χ4v) is 1.16. The van der Waals surface area contributed by atoms with E-state index in [1.165, 1.54) is 12.4 Å². The van der Waals surface area contributed by atoms with Gasteiger partial charge in [-0.25, -0.2) is 4.98 Å². The Morgan fingerprint density at radius 3 is 2.87 bits per heavy atom. The van der Waals surface area contributed by atoms with Gasteiger partial charge in [0.2, 0.25) is 0 Å². The summed E-state index contributed by atoms with van der Waals surface area (Å²) in [7, 11) is 0. The third-order valence-electron chi connectivity index (χ3n) is 1.90. The van der Waals surface area contributed by atoms with Gasteiger partial charge in [0, 0.05) is 25.0 Å². The van der Waals surface area contributed by atoms with Gasteiger partial charge in [0.05, 0.1) is 6.33 Å². The second-order valence-electron chi connectivity index (χ2n) is 3.01. The van der Waals surface area contributed by atoms with Gasteiger partial charge in [0.15, 0.2) is 0 Å². The molecule has 0 fully saturated rings. The molecular weight excluding hydrogens is 192 g/mol. The van der Waals surface area contributed by atoms with E-state index in [9.17, 15) is 4.79 Å². The van der Waals surface area contributed by atoms with Crippen LogP contribution in [0.2, 0.25) is 0 Å². The maximum Gasteiger partial charge on any atom is 0.252 e. The van der Waals surface area contributed by atoms with Crippen LogP contribution >= 0.6 is 0 Å². The number of nitrogens with one attached hydrogen (secondary N) is 2. The van der Waals surface area contributed by atoms with Gasteiger partial charge in [-0.2, -0.15) is 0 Å². The molecule has 5 heteroatoms. The Balaban J connectivity index is 2.02. The predicted molar refractivity (Wildman–Crippen MR) is 56.4 cm³/mol. The van der Waals surface area contributed by atoms with Gasteiger partial charge < -0.3 is 10.3 Å². The van der Waals surface area contributed by atoms with E-state index in [4.69, 9.17) is 0 Å². The maximum atomic E-state index is 11.0. The Kier molecular flexibility index (Phi) is 2.73. The minimum absolute atomic E-state index is 0.165. The molecule has 0 aliphatic carbocycles. The van der Waals surface area contributed by atoms with Crippen molar-refractivity contribution < 1.29 is 0 Å². The number of hydrogen-bond acceptors (Lipinski definition) is 4. The van der Waals surface area contributed by atoms with Crippen LogP contribution in [0.25, 0.3) is 0 Å². The highest BCUT2D eigenvalue weighted by Gasteiger charge is 1.94. The standard InChI is InChI=1S/C10H10N4O/c15-10-5-9(13-7-14-10)12-6-8-1-3-11-4-2-8/h1-5,7H,6H2,(H2,12,13,14,15). The van der Waals surface area contributed by atoms with Gasteiger partial charge >= 0.3 is 0 Å². The number of aromatic amines is 1. The number of aromatic nitrogens is 3. The zero-order chi connectivity index (χ0) is 10.5. The molecule has 76 valence electrons. The highest BCUT2D eigenvalue weighted by molar-refractivity contribution is 5.32. The van der Waals surface area contributed by atoms with Crippen LogP contribution in [0.1, 0.15) is 5.56 Å². The monoisotopic (exact) mass is 202 g/mol. The molecule has 15 heavy (non-hydrogen) atoms. The second kappa shape index (κ2) is 4.36. The molecule has 0 bridgehead atoms. The van der Waals surface area contributed by atoms with E-state index in [0.29, 0.717) is 12.4 Å². The number of hydrogen-bond donors (Lipinski definition) is 2. The van der Waals surface area contributed by atoms with Crippen molar-refractivity contribution in [3.63, 3.8) is 0 Å². The summed E-state index contributed by atoms with van der Waals surface area (Å²) in [5, 5.41) is 3.04. The molecule has 2 N–H and O–H groups in total. The summed E-state index contributed by atoms with van der Waals surface area (Å²) < 4.78 is 0. The van der Waals surface area contributed by atoms with E-state index < -0.39 is 0 Å². The smallest absolute Gasteiger partial charge is 0.252 e. The molecule has 0 unspecified atom stereocenters. The quantitative estimate of drug-likeness (QED) is 0.771. The minimum Gasteiger partial charge on any atom is -0.366 e. The van der Waals surface area contributed by atoms with Crippen molar-refractivity contribution in [3.8, 4) is 0 Å². The molecule has 2 rings (SSSR count). The summed E-state index contributed by atoms with van der Waals surface area (Å²) in [4.78, 5) is 21.3. The van der Waals surface area contributed by atoms with E-state index in [0.717, 1.165) is 5.56 Å². The maximum absolute atomic E-state index is 11.0. The van der Waals surface area contributed by atoms with E-state index >= 15 is 0 Å². The van der Waals surface area contributed by atoms with Gasteiger partial charge in [-0.15, -0.1) is 0 Å². The third-order valence-corrected chi connectivity index (χ3v) is 1.90. The summed E-state index contributed by atoms with van der Waals surface area (Å²) >= 11 is 0. The number of H-pyrrole nitrogens is 1. The minimum atomic E-state index is -0.165. The first kappa shape index (κ1) is 9.39. The summed E-state index contributed by atoms with van der Waals surface area (Å²) in [5.41, 5.74) is 0.925. The Labute approximate surface area is 86.2 Å². The highest BCUT2D eigenvalue weighted by atomic mass is 16.1. The van der Waals surface area contributed by atoms with E-state index in [1.54, 1.807) is 12.4 Å². The Morgan fingerprint density at radius 2 is 2.13 bits per heavy atom. The van der Waals surface area contributed by atoms with Crippen molar-refractivity contribution in [1.82, 2.24) is 15.0 Å². The van der Waals surface area contributed by atoms with Gasteiger partial charge in [-0.05, 0) is 17.7 Å². The molecule has 2 aromatic heterocycles. The van der Waals surface area contributed by atoms with E-state index in [2.05, 4.69) is 20.3 Å². The van der Waals surface area contributed by atoms with Gasteiger partial charge in [0.25, 0.3) is 5.56 Å². The van der Waals surface area contributed by atoms with Gasteiger partial charge in [-0.1, -0.05) is 0 Å². The van der Waals surface area contributed by atoms with Crippen LogP contribution < -0.4 is 10.9 Å². The van der Waals surface area contributed by atoms with E-state index in [1.807, 2.05) is 12.1 Å². The largest absolute Gasteiger partial charge is 0.366 e. The fourth-order valence-electron chi connectivity index (χ4n) is 1.16. The lowest BCUT2D eigenvalue weighted by molar-refractivity contribution is 1.06. The van der Waals surface area contributed by atoms with E-state index in [-0.39, 0.29) is 5.56 Å². The molecule has 0 radical (unpaired) electrons. The Hall–Kier alpha value is -2.17. The predicted octanol–water partition coefficient (Wildman–Crippen LogP) is 0.777. The Bertz CT molecular complexity index is 480. The highest BCUT2D eigenvalue weighted by Crippen LogP contribution is 2.01.